The smallest absolute Gasteiger partial charge is 0.410 e. The van der Waals surface area contributed by atoms with Gasteiger partial charge in [0.25, 0.3) is 11.8 Å². The van der Waals surface area contributed by atoms with Crippen molar-refractivity contribution in [1.82, 2.24) is 14.8 Å². The molecule has 31 heavy (non-hydrogen) atoms. The van der Waals surface area contributed by atoms with Gasteiger partial charge in [-0.2, -0.15) is 0 Å². The molecule has 0 aromatic heterocycles. The molecule has 8 heteroatoms. The Morgan fingerprint density at radius 1 is 0.935 bits per heavy atom. The zero-order valence-corrected chi connectivity index (χ0v) is 18.8. The maximum Gasteiger partial charge on any atom is 0.410 e. The van der Waals surface area contributed by atoms with E-state index in [0.717, 1.165) is 32.2 Å². The maximum absolute atomic E-state index is 12.0. The fourth-order valence-electron chi connectivity index (χ4n) is 4.25. The summed E-state index contributed by atoms with van der Waals surface area (Å²) in [5.41, 5.74) is 0.368. The molecular formula is C23H34N4O4. The van der Waals surface area contributed by atoms with E-state index in [4.69, 9.17) is 10.6 Å². The van der Waals surface area contributed by atoms with Crippen LogP contribution in [0, 0.1) is 0 Å². The first-order chi connectivity index (χ1) is 14.7. The Labute approximate surface area is 184 Å². The number of hydrazine groups is 1. The first kappa shape index (κ1) is 23.2. The highest BCUT2D eigenvalue weighted by atomic mass is 16.6. The van der Waals surface area contributed by atoms with E-state index in [1.165, 1.54) is 32.1 Å². The SMILES string of the molecule is CC(C)(C)OC(=O)N1CCN(C2CCCCC2)CC1.NN1C(=O)c2ccccc2C1=O. The average molecular weight is 431 g/mol. The molecule has 3 aliphatic rings. The van der Waals surface area contributed by atoms with Crippen LogP contribution in [0.1, 0.15) is 73.6 Å². The lowest BCUT2D eigenvalue weighted by Gasteiger charge is -2.40. The van der Waals surface area contributed by atoms with Crippen LogP contribution in [-0.4, -0.2) is 70.5 Å². The van der Waals surface area contributed by atoms with Crippen molar-refractivity contribution in [1.29, 1.82) is 0 Å². The van der Waals surface area contributed by atoms with E-state index in [2.05, 4.69) is 4.90 Å². The monoisotopic (exact) mass is 430 g/mol. The van der Waals surface area contributed by atoms with E-state index in [1.807, 2.05) is 25.7 Å². The first-order valence-corrected chi connectivity index (χ1v) is 11.1. The van der Waals surface area contributed by atoms with Crippen LogP contribution in [0.3, 0.4) is 0 Å². The van der Waals surface area contributed by atoms with Gasteiger partial charge >= 0.3 is 6.09 Å². The molecular weight excluding hydrogens is 396 g/mol. The topological polar surface area (TPSA) is 96.2 Å². The molecule has 1 saturated carbocycles. The van der Waals surface area contributed by atoms with Crippen molar-refractivity contribution >= 4 is 17.9 Å². The molecule has 1 aromatic rings. The zero-order valence-electron chi connectivity index (χ0n) is 18.8. The minimum Gasteiger partial charge on any atom is -0.444 e. The highest BCUT2D eigenvalue weighted by molar-refractivity contribution is 6.20. The van der Waals surface area contributed by atoms with Crippen molar-refractivity contribution in [3.05, 3.63) is 35.4 Å². The minimum absolute atomic E-state index is 0.157. The van der Waals surface area contributed by atoms with Gasteiger partial charge in [0.05, 0.1) is 11.1 Å². The molecule has 2 fully saturated rings. The Morgan fingerprint density at radius 3 is 1.94 bits per heavy atom. The summed E-state index contributed by atoms with van der Waals surface area (Å²) in [4.78, 5) is 38.8. The van der Waals surface area contributed by atoms with Crippen LogP contribution in [0.15, 0.2) is 24.3 Å². The van der Waals surface area contributed by atoms with E-state index in [-0.39, 0.29) is 6.09 Å². The molecule has 3 amide bonds. The van der Waals surface area contributed by atoms with Crippen LogP contribution in [0.5, 0.6) is 0 Å². The van der Waals surface area contributed by atoms with Gasteiger partial charge < -0.3 is 9.64 Å². The average Bonchev–Trinajstić information content (AvgIpc) is 2.98. The van der Waals surface area contributed by atoms with Gasteiger partial charge in [-0.1, -0.05) is 31.4 Å². The standard InChI is InChI=1S/C15H28N2O2.C8H6N2O2/c1-15(2,3)19-14(18)17-11-9-16(10-12-17)13-7-5-4-6-8-13;9-10-7(11)5-3-1-2-4-6(5)8(10)12/h13H,4-12H2,1-3H3;1-4H,9H2. The number of benzene rings is 1. The number of nitrogens with two attached hydrogens (primary N) is 1. The first-order valence-electron chi connectivity index (χ1n) is 11.1. The van der Waals surface area contributed by atoms with Gasteiger partial charge in [0, 0.05) is 32.2 Å². The van der Waals surface area contributed by atoms with E-state index in [1.54, 1.807) is 24.3 Å². The molecule has 1 aliphatic carbocycles. The molecule has 2 heterocycles. The molecule has 0 radical (unpaired) electrons. The molecule has 4 rings (SSSR count). The van der Waals surface area contributed by atoms with E-state index in [0.29, 0.717) is 16.1 Å². The van der Waals surface area contributed by atoms with Crippen LogP contribution in [0.25, 0.3) is 0 Å². The second-order valence-electron chi connectivity index (χ2n) is 9.32. The molecule has 1 aromatic carbocycles. The van der Waals surface area contributed by atoms with E-state index >= 15 is 0 Å². The number of imide groups is 1. The summed E-state index contributed by atoms with van der Waals surface area (Å²) in [7, 11) is 0. The Morgan fingerprint density at radius 2 is 1.45 bits per heavy atom. The van der Waals surface area contributed by atoms with Gasteiger partial charge in [-0.3, -0.25) is 14.5 Å². The largest absolute Gasteiger partial charge is 0.444 e. The Balaban J connectivity index is 0.000000194. The molecule has 2 aliphatic heterocycles. The van der Waals surface area contributed by atoms with Crippen LogP contribution >= 0.6 is 0 Å². The molecule has 8 nitrogen and oxygen atoms in total. The van der Waals surface area contributed by atoms with Crippen molar-refractivity contribution in [3.8, 4) is 0 Å². The maximum atomic E-state index is 12.0. The zero-order chi connectivity index (χ0) is 22.6. The highest BCUT2D eigenvalue weighted by Gasteiger charge is 2.33. The van der Waals surface area contributed by atoms with Crippen LogP contribution in [0.2, 0.25) is 0 Å². The van der Waals surface area contributed by atoms with Gasteiger partial charge in [0.2, 0.25) is 0 Å². The summed E-state index contributed by atoms with van der Waals surface area (Å²) < 4.78 is 5.43. The number of ether oxygens (including phenoxy) is 1. The second kappa shape index (κ2) is 9.78. The summed E-state index contributed by atoms with van der Waals surface area (Å²) in [5, 5.41) is 0.630. The van der Waals surface area contributed by atoms with Crippen LogP contribution in [-0.2, 0) is 4.74 Å². The molecule has 0 unspecified atom stereocenters. The predicted octanol–water partition coefficient (Wildman–Crippen LogP) is 3.03. The minimum atomic E-state index is -0.435. The lowest BCUT2D eigenvalue weighted by atomic mass is 9.94. The lowest BCUT2D eigenvalue weighted by Crippen LogP contribution is -2.53. The summed E-state index contributed by atoms with van der Waals surface area (Å²) in [5.74, 6) is 4.34. The molecule has 0 bridgehead atoms. The molecule has 0 atom stereocenters. The third-order valence-corrected chi connectivity index (χ3v) is 5.88. The molecule has 1 saturated heterocycles. The van der Waals surface area contributed by atoms with Gasteiger partial charge in [0.1, 0.15) is 5.60 Å². The number of nitrogens with zero attached hydrogens (tertiary/aromatic N) is 3. The number of hydrogen-bond acceptors (Lipinski definition) is 6. The highest BCUT2D eigenvalue weighted by Crippen LogP contribution is 2.24. The number of hydrogen-bond donors (Lipinski definition) is 1. The number of piperazine rings is 1. The van der Waals surface area contributed by atoms with Gasteiger partial charge in [0.15, 0.2) is 0 Å². The van der Waals surface area contributed by atoms with Crippen molar-refractivity contribution in [2.75, 3.05) is 26.2 Å². The predicted molar refractivity (Wildman–Crippen MR) is 117 cm³/mol. The number of carbonyl (C=O) groups is 3. The number of carbonyl (C=O) groups excluding carboxylic acids is 3. The van der Waals surface area contributed by atoms with Crippen molar-refractivity contribution in [2.24, 2.45) is 5.84 Å². The summed E-state index contributed by atoms with van der Waals surface area (Å²) in [6.45, 7) is 9.39. The van der Waals surface area contributed by atoms with Crippen LogP contribution in [0.4, 0.5) is 4.79 Å². The lowest BCUT2D eigenvalue weighted by molar-refractivity contribution is 0.00821. The molecule has 170 valence electrons. The fraction of sp³-hybridized carbons (Fsp3) is 0.609. The Bertz CT molecular complexity index is 771. The summed E-state index contributed by atoms with van der Waals surface area (Å²) in [6.07, 6.45) is 6.66. The second-order valence-corrected chi connectivity index (χ2v) is 9.32. The number of amides is 3. The quantitative estimate of drug-likeness (QED) is 0.418. The number of rotatable bonds is 1. The van der Waals surface area contributed by atoms with Crippen molar-refractivity contribution in [2.45, 2.75) is 64.5 Å². The third kappa shape index (κ3) is 5.83. The molecule has 0 spiro atoms. The van der Waals surface area contributed by atoms with E-state index < -0.39 is 17.4 Å². The van der Waals surface area contributed by atoms with Crippen LogP contribution < -0.4 is 5.84 Å². The Kier molecular flexibility index (Phi) is 7.33. The fourth-order valence-corrected chi connectivity index (χ4v) is 4.25. The van der Waals surface area contributed by atoms with Crippen molar-refractivity contribution in [3.63, 3.8) is 0 Å². The van der Waals surface area contributed by atoms with Gasteiger partial charge in [-0.05, 0) is 45.7 Å². The van der Waals surface area contributed by atoms with Gasteiger partial charge in [-0.15, -0.1) is 0 Å². The molecule has 2 N–H and O–H groups in total. The normalized spacial score (nSPS) is 20.3. The summed E-state index contributed by atoms with van der Waals surface area (Å²) >= 11 is 0. The third-order valence-electron chi connectivity index (χ3n) is 5.88. The summed E-state index contributed by atoms with van der Waals surface area (Å²) in [6, 6.07) is 7.33. The van der Waals surface area contributed by atoms with Gasteiger partial charge in [-0.25, -0.2) is 15.6 Å². The van der Waals surface area contributed by atoms with Crippen molar-refractivity contribution < 1.29 is 19.1 Å². The Hall–Kier alpha value is -2.45. The number of fused-ring (bicyclic) bond motifs is 1. The van der Waals surface area contributed by atoms with E-state index in [9.17, 15) is 14.4 Å².